The molecule has 0 atom stereocenters. The first kappa shape index (κ1) is 11.5. The van der Waals surface area contributed by atoms with Crippen LogP contribution in [-0.2, 0) is 0 Å². The second-order valence-electron chi connectivity index (χ2n) is 6.74. The first-order chi connectivity index (χ1) is 8.30. The minimum Gasteiger partial charge on any atom is -0.311 e. The van der Waals surface area contributed by atoms with Crippen molar-refractivity contribution in [1.29, 1.82) is 5.26 Å². The Morgan fingerprint density at radius 3 is 2.12 bits per heavy atom. The molecule has 0 aromatic carbocycles. The van der Waals surface area contributed by atoms with Crippen molar-refractivity contribution in [2.45, 2.75) is 63.3 Å². The summed E-state index contributed by atoms with van der Waals surface area (Å²) in [6.07, 6.45) is 11.9. The zero-order valence-corrected chi connectivity index (χ0v) is 10.8. The van der Waals surface area contributed by atoms with Crippen LogP contribution in [0.1, 0.15) is 57.8 Å². The third kappa shape index (κ3) is 2.36. The van der Waals surface area contributed by atoms with Crippen molar-refractivity contribution in [1.82, 2.24) is 5.32 Å². The van der Waals surface area contributed by atoms with Crippen molar-refractivity contribution in [3.63, 3.8) is 0 Å². The Bertz CT molecular complexity index is 280. The smallest absolute Gasteiger partial charge is 0.0621 e. The van der Waals surface area contributed by atoms with E-state index >= 15 is 0 Å². The molecule has 94 valence electrons. The Kier molecular flexibility index (Phi) is 3.13. The molecule has 4 rings (SSSR count). The van der Waals surface area contributed by atoms with Gasteiger partial charge in [-0.3, -0.25) is 0 Å². The normalized spacial score (nSPS) is 42.6. The largest absolute Gasteiger partial charge is 0.311 e. The molecule has 4 bridgehead atoms. The van der Waals surface area contributed by atoms with E-state index in [9.17, 15) is 0 Å². The predicted molar refractivity (Wildman–Crippen MR) is 68.4 cm³/mol. The molecule has 4 aliphatic carbocycles. The lowest BCUT2D eigenvalue weighted by Crippen LogP contribution is -2.58. The van der Waals surface area contributed by atoms with Gasteiger partial charge in [0.05, 0.1) is 6.07 Å². The van der Waals surface area contributed by atoms with E-state index in [1.165, 1.54) is 44.9 Å². The number of unbranched alkanes of at least 4 members (excludes halogenated alkanes) is 2. The van der Waals surface area contributed by atoms with E-state index in [2.05, 4.69) is 11.4 Å². The van der Waals surface area contributed by atoms with E-state index in [0.29, 0.717) is 5.54 Å². The number of nitrogens with one attached hydrogen (secondary N) is 1. The van der Waals surface area contributed by atoms with Crippen LogP contribution in [0, 0.1) is 29.1 Å². The van der Waals surface area contributed by atoms with E-state index in [1.807, 2.05) is 0 Å². The first-order valence-corrected chi connectivity index (χ1v) is 7.42. The number of nitriles is 1. The highest BCUT2D eigenvalue weighted by Crippen LogP contribution is 2.55. The standard InChI is InChI=1S/C15H24N2/c16-4-2-1-3-5-17-15-9-12-6-13(10-15)8-14(7-12)11-15/h12-14,17H,1-3,5-11H2. The molecule has 0 radical (unpaired) electrons. The summed E-state index contributed by atoms with van der Waals surface area (Å²) in [7, 11) is 0. The molecule has 0 aromatic rings. The lowest BCUT2D eigenvalue weighted by molar-refractivity contribution is -0.0195. The van der Waals surface area contributed by atoms with Crippen molar-refractivity contribution in [3.8, 4) is 6.07 Å². The van der Waals surface area contributed by atoms with Gasteiger partial charge >= 0.3 is 0 Å². The molecule has 0 saturated heterocycles. The van der Waals surface area contributed by atoms with E-state index in [-0.39, 0.29) is 0 Å². The Hall–Kier alpha value is -0.550. The van der Waals surface area contributed by atoms with Crippen LogP contribution in [0.4, 0.5) is 0 Å². The molecule has 0 unspecified atom stereocenters. The number of nitrogens with zero attached hydrogens (tertiary/aromatic N) is 1. The van der Waals surface area contributed by atoms with Gasteiger partial charge < -0.3 is 5.32 Å². The molecular weight excluding hydrogens is 208 g/mol. The molecule has 4 fully saturated rings. The minimum absolute atomic E-state index is 0.515. The van der Waals surface area contributed by atoms with Gasteiger partial charge in [-0.1, -0.05) is 0 Å². The first-order valence-electron chi connectivity index (χ1n) is 7.42. The Labute approximate surface area is 105 Å². The summed E-state index contributed by atoms with van der Waals surface area (Å²) in [5.41, 5.74) is 0.515. The number of rotatable bonds is 5. The molecule has 0 heterocycles. The predicted octanol–water partition coefficient (Wildman–Crippen LogP) is 3.24. The summed E-state index contributed by atoms with van der Waals surface area (Å²) in [4.78, 5) is 0. The Morgan fingerprint density at radius 1 is 1.00 bits per heavy atom. The lowest BCUT2D eigenvalue weighted by Gasteiger charge is -2.57. The van der Waals surface area contributed by atoms with Crippen LogP contribution in [-0.4, -0.2) is 12.1 Å². The molecule has 0 amide bonds. The third-order valence-electron chi connectivity index (χ3n) is 5.25. The molecule has 0 aliphatic heterocycles. The molecule has 1 N–H and O–H groups in total. The fraction of sp³-hybridized carbons (Fsp3) is 0.933. The van der Waals surface area contributed by atoms with E-state index in [4.69, 9.17) is 5.26 Å². The van der Waals surface area contributed by atoms with Crippen LogP contribution in [0.25, 0.3) is 0 Å². The molecule has 4 aliphatic rings. The monoisotopic (exact) mass is 232 g/mol. The summed E-state index contributed by atoms with van der Waals surface area (Å²) in [5.74, 6) is 3.11. The fourth-order valence-electron chi connectivity index (χ4n) is 5.01. The molecular formula is C15H24N2. The van der Waals surface area contributed by atoms with Crippen LogP contribution in [0.15, 0.2) is 0 Å². The van der Waals surface area contributed by atoms with Gasteiger partial charge in [0.1, 0.15) is 0 Å². The average molecular weight is 232 g/mol. The van der Waals surface area contributed by atoms with Crippen LogP contribution in [0.2, 0.25) is 0 Å². The van der Waals surface area contributed by atoms with Gasteiger partial charge in [0.2, 0.25) is 0 Å². The Morgan fingerprint density at radius 2 is 1.59 bits per heavy atom. The van der Waals surface area contributed by atoms with Crippen LogP contribution in [0.5, 0.6) is 0 Å². The zero-order chi connectivity index (χ0) is 11.7. The fourth-order valence-corrected chi connectivity index (χ4v) is 5.01. The maximum Gasteiger partial charge on any atom is 0.0621 e. The molecule has 17 heavy (non-hydrogen) atoms. The number of hydrogen-bond acceptors (Lipinski definition) is 2. The SMILES string of the molecule is N#CCCCCNC12CC3CC(CC(C3)C1)C2. The van der Waals surface area contributed by atoms with Crippen LogP contribution < -0.4 is 5.32 Å². The maximum atomic E-state index is 8.53. The molecule has 0 aromatic heterocycles. The van der Waals surface area contributed by atoms with E-state index in [1.54, 1.807) is 0 Å². The molecule has 0 spiro atoms. The summed E-state index contributed by atoms with van der Waals surface area (Å²) in [6.45, 7) is 1.13. The highest BCUT2D eigenvalue weighted by atomic mass is 15.0. The highest BCUT2D eigenvalue weighted by molar-refractivity contribution is 5.06. The van der Waals surface area contributed by atoms with Gasteiger partial charge in [0.15, 0.2) is 0 Å². The third-order valence-corrected chi connectivity index (χ3v) is 5.25. The van der Waals surface area contributed by atoms with E-state index < -0.39 is 0 Å². The van der Waals surface area contributed by atoms with Gasteiger partial charge in [-0.2, -0.15) is 5.26 Å². The molecule has 2 heteroatoms. The van der Waals surface area contributed by atoms with Crippen molar-refractivity contribution < 1.29 is 0 Å². The van der Waals surface area contributed by atoms with Crippen molar-refractivity contribution >= 4 is 0 Å². The van der Waals surface area contributed by atoms with Gasteiger partial charge in [0, 0.05) is 12.0 Å². The van der Waals surface area contributed by atoms with Gasteiger partial charge in [-0.15, -0.1) is 0 Å². The van der Waals surface area contributed by atoms with Gasteiger partial charge in [0.25, 0.3) is 0 Å². The summed E-state index contributed by atoms with van der Waals surface area (Å²) in [6, 6.07) is 2.23. The van der Waals surface area contributed by atoms with E-state index in [0.717, 1.165) is 37.1 Å². The summed E-state index contributed by atoms with van der Waals surface area (Å²) >= 11 is 0. The number of hydrogen-bond donors (Lipinski definition) is 1. The topological polar surface area (TPSA) is 35.8 Å². The van der Waals surface area contributed by atoms with Gasteiger partial charge in [-0.05, 0) is 75.7 Å². The average Bonchev–Trinajstić information content (AvgIpc) is 2.26. The zero-order valence-electron chi connectivity index (χ0n) is 10.8. The van der Waals surface area contributed by atoms with Gasteiger partial charge in [-0.25, -0.2) is 0 Å². The quantitative estimate of drug-likeness (QED) is 0.739. The van der Waals surface area contributed by atoms with Crippen molar-refractivity contribution in [2.75, 3.05) is 6.54 Å². The summed E-state index contributed by atoms with van der Waals surface area (Å²) < 4.78 is 0. The van der Waals surface area contributed by atoms with Crippen molar-refractivity contribution in [3.05, 3.63) is 0 Å². The highest BCUT2D eigenvalue weighted by Gasteiger charge is 2.50. The minimum atomic E-state index is 0.515. The maximum absolute atomic E-state index is 8.53. The second-order valence-corrected chi connectivity index (χ2v) is 6.74. The summed E-state index contributed by atoms with van der Waals surface area (Å²) in [5, 5.41) is 12.4. The van der Waals surface area contributed by atoms with Crippen LogP contribution >= 0.6 is 0 Å². The second kappa shape index (κ2) is 4.61. The van der Waals surface area contributed by atoms with Crippen molar-refractivity contribution in [2.24, 2.45) is 17.8 Å². The van der Waals surface area contributed by atoms with Crippen LogP contribution in [0.3, 0.4) is 0 Å². The Balaban J connectivity index is 1.51. The lowest BCUT2D eigenvalue weighted by atomic mass is 9.53. The molecule has 2 nitrogen and oxygen atoms in total. The molecule has 4 saturated carbocycles.